The van der Waals surface area contributed by atoms with Gasteiger partial charge in [0.1, 0.15) is 0 Å². The standard InChI is InChI=1S/C13H23N/c1-4-11(2)14-12(3)13-9-7-5-6-8-10-13/h1,11-14H,5-10H2,2-3H3. The molecule has 1 aliphatic rings. The topological polar surface area (TPSA) is 12.0 Å². The number of hydrogen-bond donors (Lipinski definition) is 1. The van der Waals surface area contributed by atoms with Gasteiger partial charge in [-0.2, -0.15) is 0 Å². The Morgan fingerprint density at radius 2 is 1.71 bits per heavy atom. The molecule has 1 N–H and O–H groups in total. The average molecular weight is 193 g/mol. The van der Waals surface area contributed by atoms with E-state index in [2.05, 4.69) is 25.1 Å². The molecule has 1 rings (SSSR count). The Labute approximate surface area is 88.7 Å². The van der Waals surface area contributed by atoms with Crippen LogP contribution in [0.25, 0.3) is 0 Å². The zero-order valence-corrected chi connectivity index (χ0v) is 9.55. The van der Waals surface area contributed by atoms with Crippen LogP contribution < -0.4 is 5.32 Å². The Morgan fingerprint density at radius 1 is 1.14 bits per heavy atom. The first-order valence-electron chi connectivity index (χ1n) is 5.96. The van der Waals surface area contributed by atoms with Crippen LogP contribution in [0.4, 0.5) is 0 Å². The Morgan fingerprint density at radius 3 is 2.21 bits per heavy atom. The maximum absolute atomic E-state index is 5.37. The smallest absolute Gasteiger partial charge is 0.0660 e. The zero-order valence-electron chi connectivity index (χ0n) is 9.55. The largest absolute Gasteiger partial charge is 0.301 e. The van der Waals surface area contributed by atoms with Gasteiger partial charge in [-0.1, -0.05) is 31.6 Å². The van der Waals surface area contributed by atoms with Crippen LogP contribution in [-0.4, -0.2) is 12.1 Å². The summed E-state index contributed by atoms with van der Waals surface area (Å²) < 4.78 is 0. The predicted octanol–water partition coefficient (Wildman–Crippen LogP) is 2.96. The molecular weight excluding hydrogens is 170 g/mol. The molecule has 0 radical (unpaired) electrons. The number of hydrogen-bond acceptors (Lipinski definition) is 1. The molecular formula is C13H23N. The molecule has 1 nitrogen and oxygen atoms in total. The van der Waals surface area contributed by atoms with E-state index in [0.717, 1.165) is 5.92 Å². The zero-order chi connectivity index (χ0) is 10.4. The van der Waals surface area contributed by atoms with Crippen molar-refractivity contribution in [3.8, 4) is 12.3 Å². The first-order valence-corrected chi connectivity index (χ1v) is 5.96. The minimum Gasteiger partial charge on any atom is -0.301 e. The Balaban J connectivity index is 2.34. The van der Waals surface area contributed by atoms with E-state index in [4.69, 9.17) is 6.42 Å². The van der Waals surface area contributed by atoms with E-state index >= 15 is 0 Å². The third kappa shape index (κ3) is 3.72. The van der Waals surface area contributed by atoms with Gasteiger partial charge in [0, 0.05) is 6.04 Å². The van der Waals surface area contributed by atoms with E-state index in [1.807, 2.05) is 0 Å². The number of nitrogens with one attached hydrogen (secondary N) is 1. The second-order valence-electron chi connectivity index (χ2n) is 4.60. The summed E-state index contributed by atoms with van der Waals surface area (Å²) in [6.07, 6.45) is 13.8. The molecule has 0 bridgehead atoms. The first kappa shape index (κ1) is 11.6. The summed E-state index contributed by atoms with van der Waals surface area (Å²) in [6, 6.07) is 0.799. The van der Waals surface area contributed by atoms with Gasteiger partial charge in [-0.25, -0.2) is 0 Å². The normalized spacial score (nSPS) is 23.5. The summed E-state index contributed by atoms with van der Waals surface area (Å²) in [5.41, 5.74) is 0. The van der Waals surface area contributed by atoms with Crippen LogP contribution in [0, 0.1) is 18.3 Å². The minimum atomic E-state index is 0.216. The quantitative estimate of drug-likeness (QED) is 0.537. The summed E-state index contributed by atoms with van der Waals surface area (Å²) in [6.45, 7) is 4.34. The summed E-state index contributed by atoms with van der Waals surface area (Å²) in [4.78, 5) is 0. The van der Waals surface area contributed by atoms with Gasteiger partial charge in [-0.3, -0.25) is 0 Å². The fraction of sp³-hybridized carbons (Fsp3) is 0.846. The second kappa shape index (κ2) is 6.09. The van der Waals surface area contributed by atoms with Crippen molar-refractivity contribution in [2.24, 2.45) is 5.92 Å². The molecule has 2 atom stereocenters. The summed E-state index contributed by atoms with van der Waals surface area (Å²) >= 11 is 0. The highest BCUT2D eigenvalue weighted by Crippen LogP contribution is 2.25. The third-order valence-electron chi connectivity index (χ3n) is 3.37. The van der Waals surface area contributed by atoms with Crippen LogP contribution in [0.3, 0.4) is 0 Å². The van der Waals surface area contributed by atoms with E-state index in [1.165, 1.54) is 38.5 Å². The van der Waals surface area contributed by atoms with Crippen molar-refractivity contribution in [2.45, 2.75) is 64.5 Å². The number of rotatable bonds is 3. The van der Waals surface area contributed by atoms with E-state index in [9.17, 15) is 0 Å². The molecule has 2 unspecified atom stereocenters. The lowest BCUT2D eigenvalue weighted by molar-refractivity contribution is 0.330. The van der Waals surface area contributed by atoms with Crippen LogP contribution in [-0.2, 0) is 0 Å². The van der Waals surface area contributed by atoms with Gasteiger partial charge in [-0.15, -0.1) is 6.42 Å². The van der Waals surface area contributed by atoms with Gasteiger partial charge in [-0.05, 0) is 32.6 Å². The predicted molar refractivity (Wildman–Crippen MR) is 62.1 cm³/mol. The van der Waals surface area contributed by atoms with Crippen molar-refractivity contribution in [3.05, 3.63) is 0 Å². The first-order chi connectivity index (χ1) is 6.74. The van der Waals surface area contributed by atoms with Crippen LogP contribution >= 0.6 is 0 Å². The van der Waals surface area contributed by atoms with E-state index in [1.54, 1.807) is 0 Å². The van der Waals surface area contributed by atoms with Gasteiger partial charge in [0.25, 0.3) is 0 Å². The van der Waals surface area contributed by atoms with Crippen molar-refractivity contribution >= 4 is 0 Å². The molecule has 14 heavy (non-hydrogen) atoms. The lowest BCUT2D eigenvalue weighted by Gasteiger charge is -2.25. The van der Waals surface area contributed by atoms with Crippen molar-refractivity contribution < 1.29 is 0 Å². The molecule has 0 saturated heterocycles. The summed E-state index contributed by atoms with van der Waals surface area (Å²) in [5, 5.41) is 3.49. The van der Waals surface area contributed by atoms with Gasteiger partial charge in [0.15, 0.2) is 0 Å². The third-order valence-corrected chi connectivity index (χ3v) is 3.37. The molecule has 0 aromatic carbocycles. The SMILES string of the molecule is C#CC(C)NC(C)C1CCCCCC1. The van der Waals surface area contributed by atoms with Crippen molar-refractivity contribution in [1.82, 2.24) is 5.32 Å². The van der Waals surface area contributed by atoms with Crippen LogP contribution in [0.15, 0.2) is 0 Å². The maximum atomic E-state index is 5.37. The van der Waals surface area contributed by atoms with Crippen LogP contribution in [0.1, 0.15) is 52.4 Å². The van der Waals surface area contributed by atoms with Crippen LogP contribution in [0.5, 0.6) is 0 Å². The fourth-order valence-electron chi connectivity index (χ4n) is 2.39. The molecule has 1 fully saturated rings. The Bertz CT molecular complexity index is 184. The highest BCUT2D eigenvalue weighted by Gasteiger charge is 2.19. The molecule has 0 aromatic rings. The van der Waals surface area contributed by atoms with Gasteiger partial charge >= 0.3 is 0 Å². The Kier molecular flexibility index (Phi) is 5.04. The highest BCUT2D eigenvalue weighted by molar-refractivity contribution is 4.97. The molecule has 0 aromatic heterocycles. The number of terminal acetylenes is 1. The minimum absolute atomic E-state index is 0.216. The van der Waals surface area contributed by atoms with E-state index in [-0.39, 0.29) is 6.04 Å². The summed E-state index contributed by atoms with van der Waals surface area (Å²) in [5.74, 6) is 3.58. The second-order valence-corrected chi connectivity index (χ2v) is 4.60. The molecule has 0 spiro atoms. The molecule has 0 heterocycles. The van der Waals surface area contributed by atoms with Crippen molar-refractivity contribution in [1.29, 1.82) is 0 Å². The van der Waals surface area contributed by atoms with Gasteiger partial charge in [0.05, 0.1) is 6.04 Å². The monoisotopic (exact) mass is 193 g/mol. The lowest BCUT2D eigenvalue weighted by atomic mass is 9.92. The molecule has 1 heteroatoms. The lowest BCUT2D eigenvalue weighted by Crippen LogP contribution is -2.38. The Hall–Kier alpha value is -0.480. The van der Waals surface area contributed by atoms with Gasteiger partial charge < -0.3 is 5.32 Å². The molecule has 1 aliphatic carbocycles. The molecule has 0 aliphatic heterocycles. The van der Waals surface area contributed by atoms with Crippen molar-refractivity contribution in [3.63, 3.8) is 0 Å². The molecule has 0 amide bonds. The van der Waals surface area contributed by atoms with E-state index < -0.39 is 0 Å². The average Bonchev–Trinajstić information content (AvgIpc) is 2.45. The highest BCUT2D eigenvalue weighted by atomic mass is 14.9. The summed E-state index contributed by atoms with van der Waals surface area (Å²) in [7, 11) is 0. The fourth-order valence-corrected chi connectivity index (χ4v) is 2.39. The van der Waals surface area contributed by atoms with Crippen LogP contribution in [0.2, 0.25) is 0 Å². The molecule has 1 saturated carbocycles. The van der Waals surface area contributed by atoms with E-state index in [0.29, 0.717) is 6.04 Å². The molecule has 80 valence electrons. The van der Waals surface area contributed by atoms with Gasteiger partial charge in [0.2, 0.25) is 0 Å². The van der Waals surface area contributed by atoms with Crippen molar-refractivity contribution in [2.75, 3.05) is 0 Å². The maximum Gasteiger partial charge on any atom is 0.0660 e.